The number of benzene rings is 1. The first-order valence-corrected chi connectivity index (χ1v) is 6.54. The van der Waals surface area contributed by atoms with E-state index in [4.69, 9.17) is 10.5 Å². The summed E-state index contributed by atoms with van der Waals surface area (Å²) in [6.07, 6.45) is 4.91. The molecule has 2 rings (SSSR count). The third kappa shape index (κ3) is 3.79. The van der Waals surface area contributed by atoms with Gasteiger partial charge in [0, 0.05) is 31.3 Å². The van der Waals surface area contributed by atoms with Crippen molar-refractivity contribution in [3.63, 3.8) is 0 Å². The van der Waals surface area contributed by atoms with Gasteiger partial charge >= 0.3 is 0 Å². The van der Waals surface area contributed by atoms with E-state index in [0.717, 1.165) is 54.8 Å². The van der Waals surface area contributed by atoms with Crippen molar-refractivity contribution in [1.82, 2.24) is 9.97 Å². The topological polar surface area (TPSA) is 73.1 Å². The average Bonchev–Trinajstić information content (AvgIpc) is 2.42. The summed E-state index contributed by atoms with van der Waals surface area (Å²) in [5.74, 6) is 0.872. The molecule has 102 valence electrons. The van der Waals surface area contributed by atoms with Crippen molar-refractivity contribution < 1.29 is 4.74 Å². The lowest BCUT2D eigenvalue weighted by atomic mass is 10.2. The number of aromatic nitrogens is 2. The normalized spacial score (nSPS) is 10.8. The number of nitrogens with two attached hydrogens (primary N) is 1. The van der Waals surface area contributed by atoms with Gasteiger partial charge in [-0.1, -0.05) is 0 Å². The number of fused-ring (bicyclic) bond motifs is 1. The van der Waals surface area contributed by atoms with Gasteiger partial charge in [0.2, 0.25) is 0 Å². The number of nitrogens with one attached hydrogen (secondary N) is 1. The van der Waals surface area contributed by atoms with Crippen LogP contribution in [0.2, 0.25) is 0 Å². The molecule has 0 saturated heterocycles. The summed E-state index contributed by atoms with van der Waals surface area (Å²) in [6, 6.07) is 5.69. The first-order chi connectivity index (χ1) is 9.31. The molecule has 0 aliphatic carbocycles. The van der Waals surface area contributed by atoms with Gasteiger partial charge in [0.1, 0.15) is 12.1 Å². The number of rotatable bonds is 7. The Kier molecular flexibility index (Phi) is 4.92. The molecule has 2 aromatic rings. The second-order valence-electron chi connectivity index (χ2n) is 4.48. The van der Waals surface area contributed by atoms with Crippen LogP contribution in [0.1, 0.15) is 19.3 Å². The van der Waals surface area contributed by atoms with Crippen molar-refractivity contribution in [1.29, 1.82) is 0 Å². The van der Waals surface area contributed by atoms with E-state index < -0.39 is 0 Å². The second kappa shape index (κ2) is 6.89. The van der Waals surface area contributed by atoms with Gasteiger partial charge in [-0.25, -0.2) is 9.97 Å². The number of hydrogen-bond acceptors (Lipinski definition) is 5. The minimum Gasteiger partial charge on any atom is -0.399 e. The highest BCUT2D eigenvalue weighted by atomic mass is 16.5. The highest BCUT2D eigenvalue weighted by Gasteiger charge is 2.02. The largest absolute Gasteiger partial charge is 0.399 e. The number of nitrogen functional groups attached to an aromatic ring is 1. The van der Waals surface area contributed by atoms with E-state index in [9.17, 15) is 0 Å². The fraction of sp³-hybridized carbons (Fsp3) is 0.429. The number of hydrogen-bond donors (Lipinski definition) is 2. The highest BCUT2D eigenvalue weighted by Crippen LogP contribution is 2.21. The Balaban J connectivity index is 1.93. The molecule has 0 aliphatic heterocycles. The smallest absolute Gasteiger partial charge is 0.137 e. The molecule has 0 amide bonds. The molecule has 0 unspecified atom stereocenters. The van der Waals surface area contributed by atoms with Crippen LogP contribution >= 0.6 is 0 Å². The van der Waals surface area contributed by atoms with E-state index in [1.54, 1.807) is 13.4 Å². The monoisotopic (exact) mass is 260 g/mol. The summed E-state index contributed by atoms with van der Waals surface area (Å²) in [5.41, 5.74) is 7.34. The maximum atomic E-state index is 5.75. The molecule has 0 saturated carbocycles. The van der Waals surface area contributed by atoms with Crippen LogP contribution in [0.3, 0.4) is 0 Å². The molecule has 1 aromatic carbocycles. The van der Waals surface area contributed by atoms with Crippen LogP contribution in [0.5, 0.6) is 0 Å². The van der Waals surface area contributed by atoms with E-state index in [1.165, 1.54) is 0 Å². The van der Waals surface area contributed by atoms with E-state index in [0.29, 0.717) is 0 Å². The maximum absolute atomic E-state index is 5.75. The number of unbranched alkanes of at least 4 members (excludes halogenated alkanes) is 2. The zero-order chi connectivity index (χ0) is 13.5. The fourth-order valence-corrected chi connectivity index (χ4v) is 1.97. The Labute approximate surface area is 113 Å². The quantitative estimate of drug-likeness (QED) is 0.591. The van der Waals surface area contributed by atoms with E-state index in [2.05, 4.69) is 15.3 Å². The lowest BCUT2D eigenvalue weighted by Gasteiger charge is -2.08. The first kappa shape index (κ1) is 13.5. The molecular formula is C14H20N4O. The van der Waals surface area contributed by atoms with E-state index >= 15 is 0 Å². The lowest BCUT2D eigenvalue weighted by Crippen LogP contribution is -2.05. The van der Waals surface area contributed by atoms with Crippen molar-refractivity contribution >= 4 is 22.4 Å². The summed E-state index contributed by atoms with van der Waals surface area (Å²) in [5, 5.41) is 4.36. The highest BCUT2D eigenvalue weighted by molar-refractivity contribution is 5.90. The molecule has 0 fully saturated rings. The van der Waals surface area contributed by atoms with Gasteiger partial charge in [0.05, 0.1) is 5.52 Å². The van der Waals surface area contributed by atoms with Gasteiger partial charge in [-0.15, -0.1) is 0 Å². The van der Waals surface area contributed by atoms with Gasteiger partial charge in [-0.2, -0.15) is 0 Å². The summed E-state index contributed by atoms with van der Waals surface area (Å²) in [7, 11) is 1.73. The molecule has 19 heavy (non-hydrogen) atoms. The molecule has 1 heterocycles. The number of nitrogens with zero attached hydrogens (tertiary/aromatic N) is 2. The predicted molar refractivity (Wildman–Crippen MR) is 78.2 cm³/mol. The minimum atomic E-state index is 0.719. The SMILES string of the molecule is COCCCCCNc1ncnc2cc(N)ccc12. The van der Waals surface area contributed by atoms with Crippen molar-refractivity contribution in [2.24, 2.45) is 0 Å². The summed E-state index contributed by atoms with van der Waals surface area (Å²) >= 11 is 0. The Bertz CT molecular complexity index is 530. The van der Waals surface area contributed by atoms with Gasteiger partial charge < -0.3 is 15.8 Å². The average molecular weight is 260 g/mol. The Morgan fingerprint density at radius 1 is 1.21 bits per heavy atom. The Morgan fingerprint density at radius 2 is 2.11 bits per heavy atom. The molecule has 1 aromatic heterocycles. The van der Waals surface area contributed by atoms with Crippen LogP contribution in [0.4, 0.5) is 11.5 Å². The Morgan fingerprint density at radius 3 is 2.95 bits per heavy atom. The maximum Gasteiger partial charge on any atom is 0.137 e. The van der Waals surface area contributed by atoms with Crippen molar-refractivity contribution in [3.8, 4) is 0 Å². The minimum absolute atomic E-state index is 0.719. The Hall–Kier alpha value is -1.88. The van der Waals surface area contributed by atoms with Gasteiger partial charge in [0.15, 0.2) is 0 Å². The summed E-state index contributed by atoms with van der Waals surface area (Å²) in [6.45, 7) is 1.73. The molecule has 5 nitrogen and oxygen atoms in total. The van der Waals surface area contributed by atoms with Crippen LogP contribution in [-0.2, 0) is 4.74 Å². The molecule has 3 N–H and O–H groups in total. The third-order valence-corrected chi connectivity index (χ3v) is 2.98. The van der Waals surface area contributed by atoms with Crippen LogP contribution in [0.25, 0.3) is 10.9 Å². The molecule has 0 radical (unpaired) electrons. The molecule has 0 spiro atoms. The van der Waals surface area contributed by atoms with Crippen LogP contribution in [-0.4, -0.2) is 30.2 Å². The second-order valence-corrected chi connectivity index (χ2v) is 4.48. The molecule has 5 heteroatoms. The third-order valence-electron chi connectivity index (χ3n) is 2.98. The van der Waals surface area contributed by atoms with E-state index in [-0.39, 0.29) is 0 Å². The molecule has 0 atom stereocenters. The standard InChI is InChI=1S/C14H20N4O/c1-19-8-4-2-3-7-16-14-12-6-5-11(15)9-13(12)17-10-18-14/h5-6,9-10H,2-4,7-8,15H2,1H3,(H,16,17,18). The van der Waals surface area contributed by atoms with Crippen LogP contribution in [0.15, 0.2) is 24.5 Å². The van der Waals surface area contributed by atoms with Gasteiger partial charge in [-0.05, 0) is 37.5 Å². The van der Waals surface area contributed by atoms with Gasteiger partial charge in [0.25, 0.3) is 0 Å². The number of methoxy groups -OCH3 is 1. The zero-order valence-electron chi connectivity index (χ0n) is 11.2. The summed E-state index contributed by atoms with van der Waals surface area (Å²) in [4.78, 5) is 8.51. The fourth-order valence-electron chi connectivity index (χ4n) is 1.97. The van der Waals surface area contributed by atoms with Crippen LogP contribution < -0.4 is 11.1 Å². The number of ether oxygens (including phenoxy) is 1. The number of anilines is 2. The van der Waals surface area contributed by atoms with E-state index in [1.807, 2.05) is 18.2 Å². The van der Waals surface area contributed by atoms with Crippen LogP contribution in [0, 0.1) is 0 Å². The molecule has 0 bridgehead atoms. The molecular weight excluding hydrogens is 240 g/mol. The van der Waals surface area contributed by atoms with Gasteiger partial charge in [-0.3, -0.25) is 0 Å². The zero-order valence-corrected chi connectivity index (χ0v) is 11.2. The first-order valence-electron chi connectivity index (χ1n) is 6.54. The lowest BCUT2D eigenvalue weighted by molar-refractivity contribution is 0.192. The molecule has 0 aliphatic rings. The van der Waals surface area contributed by atoms with Crippen molar-refractivity contribution in [2.45, 2.75) is 19.3 Å². The van der Waals surface area contributed by atoms with Crippen molar-refractivity contribution in [2.75, 3.05) is 31.3 Å². The van der Waals surface area contributed by atoms with Crippen molar-refractivity contribution in [3.05, 3.63) is 24.5 Å². The predicted octanol–water partition coefficient (Wildman–Crippen LogP) is 2.44. The summed E-state index contributed by atoms with van der Waals surface area (Å²) < 4.78 is 5.02.